The zero-order chi connectivity index (χ0) is 13.5. The molecule has 1 fully saturated rings. The van der Waals surface area contributed by atoms with Gasteiger partial charge in [0, 0.05) is 26.1 Å². The van der Waals surface area contributed by atoms with Gasteiger partial charge in [-0.15, -0.1) is 0 Å². The molecule has 0 bridgehead atoms. The van der Waals surface area contributed by atoms with Crippen LogP contribution in [0, 0.1) is 5.92 Å². The van der Waals surface area contributed by atoms with Crippen molar-refractivity contribution < 1.29 is 19.5 Å². The van der Waals surface area contributed by atoms with Gasteiger partial charge in [-0.1, -0.05) is 0 Å². The van der Waals surface area contributed by atoms with Crippen molar-refractivity contribution in [3.63, 3.8) is 0 Å². The molecule has 1 aliphatic carbocycles. The predicted octanol–water partition coefficient (Wildman–Crippen LogP) is -0.325. The number of nitrogens with one attached hydrogen (secondary N) is 3. The number of carbonyl (C=O) groups excluding carboxylic acids is 2. The molecule has 7 heteroatoms. The molecule has 1 saturated carbocycles. The van der Waals surface area contributed by atoms with Crippen molar-refractivity contribution in [3.8, 4) is 0 Å². The van der Waals surface area contributed by atoms with E-state index in [0.717, 1.165) is 0 Å². The summed E-state index contributed by atoms with van der Waals surface area (Å²) in [6, 6.07) is -0.400. The summed E-state index contributed by atoms with van der Waals surface area (Å²) < 4.78 is 0. The van der Waals surface area contributed by atoms with Crippen LogP contribution in [-0.2, 0) is 9.59 Å². The second-order valence-corrected chi connectivity index (χ2v) is 4.43. The van der Waals surface area contributed by atoms with Gasteiger partial charge >= 0.3 is 12.0 Å². The van der Waals surface area contributed by atoms with E-state index in [1.807, 2.05) is 0 Å². The van der Waals surface area contributed by atoms with Crippen LogP contribution in [0.15, 0.2) is 0 Å². The molecule has 3 amide bonds. The third-order valence-electron chi connectivity index (χ3n) is 2.90. The van der Waals surface area contributed by atoms with E-state index in [-0.39, 0.29) is 23.9 Å². The molecule has 7 nitrogen and oxygen atoms in total. The van der Waals surface area contributed by atoms with Crippen LogP contribution in [0.25, 0.3) is 0 Å². The van der Waals surface area contributed by atoms with Crippen LogP contribution in [0.1, 0.15) is 26.2 Å². The van der Waals surface area contributed by atoms with Gasteiger partial charge in [0.15, 0.2) is 0 Å². The van der Waals surface area contributed by atoms with Crippen LogP contribution in [0.2, 0.25) is 0 Å². The summed E-state index contributed by atoms with van der Waals surface area (Å²) >= 11 is 0. The van der Waals surface area contributed by atoms with E-state index < -0.39 is 5.97 Å². The molecule has 0 spiro atoms. The Hall–Kier alpha value is -1.79. The van der Waals surface area contributed by atoms with Gasteiger partial charge in [-0.2, -0.15) is 0 Å². The van der Waals surface area contributed by atoms with Crippen molar-refractivity contribution in [3.05, 3.63) is 0 Å². The van der Waals surface area contributed by atoms with Gasteiger partial charge in [0.2, 0.25) is 5.91 Å². The smallest absolute Gasteiger partial charge is 0.315 e. The monoisotopic (exact) mass is 257 g/mol. The minimum atomic E-state index is -0.801. The lowest BCUT2D eigenvalue weighted by atomic mass is 10.1. The summed E-state index contributed by atoms with van der Waals surface area (Å²) in [5.41, 5.74) is 0. The second-order valence-electron chi connectivity index (χ2n) is 4.43. The summed E-state index contributed by atoms with van der Waals surface area (Å²) in [6.07, 6.45) is 1.77. The van der Waals surface area contributed by atoms with E-state index in [9.17, 15) is 14.4 Å². The molecule has 1 aliphatic rings. The van der Waals surface area contributed by atoms with E-state index >= 15 is 0 Å². The van der Waals surface area contributed by atoms with Gasteiger partial charge in [-0.25, -0.2) is 4.79 Å². The first-order chi connectivity index (χ1) is 8.49. The van der Waals surface area contributed by atoms with E-state index in [2.05, 4.69) is 16.0 Å². The number of rotatable bonds is 5. The third kappa shape index (κ3) is 5.03. The van der Waals surface area contributed by atoms with E-state index in [1.54, 1.807) is 0 Å². The number of carboxylic acids is 1. The maximum absolute atomic E-state index is 11.4. The Kier molecular flexibility index (Phi) is 5.41. The molecule has 102 valence electrons. The van der Waals surface area contributed by atoms with Gasteiger partial charge in [-0.3, -0.25) is 9.59 Å². The minimum absolute atomic E-state index is 0.0770. The lowest BCUT2D eigenvalue weighted by Crippen LogP contribution is -2.43. The van der Waals surface area contributed by atoms with Crippen LogP contribution < -0.4 is 16.0 Å². The topological polar surface area (TPSA) is 108 Å². The SMILES string of the molecule is CC(=O)NCCNC(=O)N[C@H]1CC[C@@H](C(=O)O)C1. The molecular formula is C11H19N3O4. The molecule has 0 aliphatic heterocycles. The van der Waals surface area contributed by atoms with Crippen LogP contribution in [-0.4, -0.2) is 42.1 Å². The molecule has 0 aromatic rings. The van der Waals surface area contributed by atoms with Crippen molar-refractivity contribution in [1.82, 2.24) is 16.0 Å². The normalized spacial score (nSPS) is 22.3. The van der Waals surface area contributed by atoms with Crippen LogP contribution in [0.5, 0.6) is 0 Å². The summed E-state index contributed by atoms with van der Waals surface area (Å²) in [7, 11) is 0. The van der Waals surface area contributed by atoms with Crippen molar-refractivity contribution in [2.24, 2.45) is 5.92 Å². The number of carboxylic acid groups (broad SMARTS) is 1. The van der Waals surface area contributed by atoms with Gasteiger partial charge in [0.25, 0.3) is 0 Å². The summed E-state index contributed by atoms with van der Waals surface area (Å²) in [6.45, 7) is 2.14. The van der Waals surface area contributed by atoms with Crippen LogP contribution >= 0.6 is 0 Å². The fraction of sp³-hybridized carbons (Fsp3) is 0.727. The van der Waals surface area contributed by atoms with Crippen LogP contribution in [0.3, 0.4) is 0 Å². The fourth-order valence-electron chi connectivity index (χ4n) is 1.99. The summed E-state index contributed by atoms with van der Waals surface area (Å²) in [5.74, 6) is -1.29. The number of aliphatic carboxylic acids is 1. The molecule has 2 atom stereocenters. The lowest BCUT2D eigenvalue weighted by Gasteiger charge is -2.13. The summed E-state index contributed by atoms with van der Waals surface area (Å²) in [4.78, 5) is 32.7. The minimum Gasteiger partial charge on any atom is -0.481 e. The Balaban J connectivity index is 2.13. The predicted molar refractivity (Wildman–Crippen MR) is 64.0 cm³/mol. The Labute approximate surface area is 105 Å². The zero-order valence-electron chi connectivity index (χ0n) is 10.4. The van der Waals surface area contributed by atoms with E-state index in [0.29, 0.717) is 32.4 Å². The Bertz CT molecular complexity index is 332. The van der Waals surface area contributed by atoms with Gasteiger partial charge in [-0.05, 0) is 19.3 Å². The van der Waals surface area contributed by atoms with Crippen molar-refractivity contribution in [1.29, 1.82) is 0 Å². The molecule has 0 radical (unpaired) electrons. The quantitative estimate of drug-likeness (QED) is 0.506. The van der Waals surface area contributed by atoms with Crippen LogP contribution in [0.4, 0.5) is 4.79 Å². The number of carbonyl (C=O) groups is 3. The fourth-order valence-corrected chi connectivity index (χ4v) is 1.99. The van der Waals surface area contributed by atoms with E-state index in [1.165, 1.54) is 6.92 Å². The first kappa shape index (κ1) is 14.3. The highest BCUT2D eigenvalue weighted by molar-refractivity contribution is 5.75. The highest BCUT2D eigenvalue weighted by atomic mass is 16.4. The molecule has 18 heavy (non-hydrogen) atoms. The lowest BCUT2D eigenvalue weighted by molar-refractivity contribution is -0.141. The van der Waals surface area contributed by atoms with Gasteiger partial charge in [0.1, 0.15) is 0 Å². The number of urea groups is 1. The second kappa shape index (κ2) is 6.83. The Morgan fingerprint density at radius 2 is 1.83 bits per heavy atom. The maximum atomic E-state index is 11.4. The van der Waals surface area contributed by atoms with Crippen molar-refractivity contribution in [2.75, 3.05) is 13.1 Å². The maximum Gasteiger partial charge on any atom is 0.315 e. The Morgan fingerprint density at radius 1 is 1.17 bits per heavy atom. The molecule has 1 rings (SSSR count). The molecule has 0 saturated heterocycles. The highest BCUT2D eigenvalue weighted by Crippen LogP contribution is 2.25. The molecular weight excluding hydrogens is 238 g/mol. The first-order valence-corrected chi connectivity index (χ1v) is 6.00. The number of hydrogen-bond acceptors (Lipinski definition) is 3. The zero-order valence-corrected chi connectivity index (χ0v) is 10.4. The van der Waals surface area contributed by atoms with E-state index in [4.69, 9.17) is 5.11 Å². The standard InChI is InChI=1S/C11H19N3O4/c1-7(15)12-4-5-13-11(18)14-9-3-2-8(6-9)10(16)17/h8-9H,2-6H2,1H3,(H,12,15)(H,16,17)(H2,13,14,18)/t8-,9+/m1/s1. The number of amides is 3. The third-order valence-corrected chi connectivity index (χ3v) is 2.90. The van der Waals surface area contributed by atoms with Crippen molar-refractivity contribution in [2.45, 2.75) is 32.2 Å². The molecule has 4 N–H and O–H groups in total. The number of hydrogen-bond donors (Lipinski definition) is 4. The average molecular weight is 257 g/mol. The average Bonchev–Trinajstić information content (AvgIpc) is 2.72. The largest absolute Gasteiger partial charge is 0.481 e. The Morgan fingerprint density at radius 3 is 2.39 bits per heavy atom. The van der Waals surface area contributed by atoms with Gasteiger partial charge < -0.3 is 21.1 Å². The summed E-state index contributed by atoms with van der Waals surface area (Å²) in [5, 5.41) is 16.7. The highest BCUT2D eigenvalue weighted by Gasteiger charge is 2.30. The first-order valence-electron chi connectivity index (χ1n) is 6.00. The molecule has 0 heterocycles. The molecule has 0 aromatic heterocycles. The molecule has 0 aromatic carbocycles. The molecule has 0 unspecified atom stereocenters. The van der Waals surface area contributed by atoms with Crippen molar-refractivity contribution >= 4 is 17.9 Å². The van der Waals surface area contributed by atoms with Gasteiger partial charge in [0.05, 0.1) is 5.92 Å².